The van der Waals surface area contributed by atoms with E-state index in [1.165, 1.54) is 28.9 Å². The smallest absolute Gasteiger partial charge is 0.269 e. The molecule has 0 unspecified atom stereocenters. The summed E-state index contributed by atoms with van der Waals surface area (Å²) in [5.41, 5.74) is 2.53. The van der Waals surface area contributed by atoms with Crippen molar-refractivity contribution < 1.29 is 18.1 Å². The van der Waals surface area contributed by atoms with Gasteiger partial charge in [-0.05, 0) is 31.2 Å². The zero-order valence-electron chi connectivity index (χ0n) is 15.3. The van der Waals surface area contributed by atoms with E-state index >= 15 is 0 Å². The minimum absolute atomic E-state index is 0.0821. The fourth-order valence-electron chi connectivity index (χ4n) is 3.24. The summed E-state index contributed by atoms with van der Waals surface area (Å²) in [6.07, 6.45) is 0. The zero-order valence-corrected chi connectivity index (χ0v) is 16.1. The summed E-state index contributed by atoms with van der Waals surface area (Å²) >= 11 is 0. The van der Waals surface area contributed by atoms with Crippen molar-refractivity contribution in [3.05, 3.63) is 81.0 Å². The summed E-state index contributed by atoms with van der Waals surface area (Å²) in [5.74, 6) is -0.584. The van der Waals surface area contributed by atoms with Crippen molar-refractivity contribution in [3.63, 3.8) is 0 Å². The van der Waals surface area contributed by atoms with Crippen LogP contribution in [0.15, 0.2) is 48.5 Å². The number of carbonyl (C=O) groups is 1. The molecule has 0 aliphatic carbocycles. The topological polar surface area (TPSA) is 124 Å². The van der Waals surface area contributed by atoms with Crippen LogP contribution in [0, 0.1) is 17.0 Å². The first-order valence-corrected chi connectivity index (χ1v) is 10.5. The maximum atomic E-state index is 12.8. The quantitative estimate of drug-likeness (QED) is 0.519. The molecule has 4 rings (SSSR count). The second kappa shape index (κ2) is 6.82. The monoisotopic (exact) mass is 412 g/mol. The van der Waals surface area contributed by atoms with E-state index in [0.717, 1.165) is 5.56 Å². The number of amides is 1. The number of anilines is 1. The average molecular weight is 412 g/mol. The van der Waals surface area contributed by atoms with Crippen LogP contribution in [-0.2, 0) is 21.3 Å². The van der Waals surface area contributed by atoms with Gasteiger partial charge >= 0.3 is 0 Å². The molecule has 9 nitrogen and oxygen atoms in total. The number of benzene rings is 2. The Morgan fingerprint density at radius 2 is 1.90 bits per heavy atom. The van der Waals surface area contributed by atoms with Gasteiger partial charge < -0.3 is 5.32 Å². The number of aromatic nitrogens is 2. The molecule has 0 atom stereocenters. The number of carbonyl (C=O) groups excluding carboxylic acids is 1. The first-order valence-electron chi connectivity index (χ1n) is 8.67. The molecule has 0 bridgehead atoms. The maximum absolute atomic E-state index is 12.8. The average Bonchev–Trinajstić information content (AvgIpc) is 3.14. The lowest BCUT2D eigenvalue weighted by Crippen LogP contribution is -2.17. The van der Waals surface area contributed by atoms with Gasteiger partial charge in [-0.2, -0.15) is 5.10 Å². The Morgan fingerprint density at radius 3 is 2.55 bits per heavy atom. The molecule has 1 amide bonds. The van der Waals surface area contributed by atoms with Crippen molar-refractivity contribution in [1.29, 1.82) is 0 Å². The molecule has 29 heavy (non-hydrogen) atoms. The van der Waals surface area contributed by atoms with Crippen LogP contribution in [0.1, 0.15) is 27.2 Å². The number of fused-ring (bicyclic) bond motifs is 1. The van der Waals surface area contributed by atoms with Crippen LogP contribution >= 0.6 is 0 Å². The molecule has 3 aromatic rings. The standard InChI is InChI=1S/C19H16N4O5S/c1-12-3-2-4-13(9-12)19(24)20-18-16-10-29(27,28)11-17(16)21-22(18)14-5-7-15(8-6-14)23(25)26/h2-9H,10-11H2,1H3,(H,20,24). The maximum Gasteiger partial charge on any atom is 0.269 e. The first-order chi connectivity index (χ1) is 13.7. The van der Waals surface area contributed by atoms with Crippen molar-refractivity contribution in [1.82, 2.24) is 9.78 Å². The van der Waals surface area contributed by atoms with Gasteiger partial charge in [-0.25, -0.2) is 13.1 Å². The van der Waals surface area contributed by atoms with E-state index in [9.17, 15) is 23.3 Å². The van der Waals surface area contributed by atoms with Gasteiger partial charge in [0.1, 0.15) is 5.82 Å². The van der Waals surface area contributed by atoms with Crippen LogP contribution in [0.2, 0.25) is 0 Å². The lowest BCUT2D eigenvalue weighted by molar-refractivity contribution is -0.384. The van der Waals surface area contributed by atoms with Gasteiger partial charge in [0, 0.05) is 23.3 Å². The van der Waals surface area contributed by atoms with Crippen LogP contribution in [0.5, 0.6) is 0 Å². The third-order valence-electron chi connectivity index (χ3n) is 4.60. The molecule has 1 aliphatic heterocycles. The summed E-state index contributed by atoms with van der Waals surface area (Å²) < 4.78 is 25.5. The highest BCUT2D eigenvalue weighted by Crippen LogP contribution is 2.33. The fourth-order valence-corrected chi connectivity index (χ4v) is 4.73. The number of rotatable bonds is 4. The van der Waals surface area contributed by atoms with Crippen LogP contribution in [-0.4, -0.2) is 29.0 Å². The molecule has 1 aromatic heterocycles. The second-order valence-corrected chi connectivity index (χ2v) is 8.88. The Hall–Kier alpha value is -3.53. The molecule has 10 heteroatoms. The second-order valence-electron chi connectivity index (χ2n) is 6.82. The highest BCUT2D eigenvalue weighted by molar-refractivity contribution is 7.90. The number of nitrogens with one attached hydrogen (secondary N) is 1. The SMILES string of the molecule is Cc1cccc(C(=O)Nc2c3c(nn2-c2ccc([N+](=O)[O-])cc2)CS(=O)(=O)C3)c1. The first kappa shape index (κ1) is 18.8. The van der Waals surface area contributed by atoms with Crippen molar-refractivity contribution in [3.8, 4) is 5.69 Å². The van der Waals surface area contributed by atoms with E-state index < -0.39 is 20.7 Å². The number of aryl methyl sites for hydroxylation is 1. The van der Waals surface area contributed by atoms with Gasteiger partial charge in [0.2, 0.25) is 0 Å². The van der Waals surface area contributed by atoms with Crippen molar-refractivity contribution in [2.75, 3.05) is 5.32 Å². The Kier molecular flexibility index (Phi) is 4.42. The number of sulfone groups is 1. The Morgan fingerprint density at radius 1 is 1.17 bits per heavy atom. The van der Waals surface area contributed by atoms with Gasteiger partial charge in [0.25, 0.3) is 11.6 Å². The van der Waals surface area contributed by atoms with Crippen LogP contribution < -0.4 is 5.32 Å². The number of non-ortho nitro benzene ring substituents is 1. The van der Waals surface area contributed by atoms with Crippen LogP contribution in [0.3, 0.4) is 0 Å². The molecule has 148 valence electrons. The third kappa shape index (κ3) is 3.61. The number of hydrogen-bond donors (Lipinski definition) is 1. The minimum Gasteiger partial charge on any atom is -0.306 e. The Bertz CT molecular complexity index is 1250. The highest BCUT2D eigenvalue weighted by atomic mass is 32.2. The largest absolute Gasteiger partial charge is 0.306 e. The van der Waals surface area contributed by atoms with Crippen LogP contribution in [0.4, 0.5) is 11.5 Å². The molecule has 0 fully saturated rings. The Balaban J connectivity index is 1.77. The van der Waals surface area contributed by atoms with Gasteiger partial charge in [-0.1, -0.05) is 17.7 Å². The number of nitro groups is 1. The van der Waals surface area contributed by atoms with Crippen molar-refractivity contribution in [2.24, 2.45) is 0 Å². The zero-order chi connectivity index (χ0) is 20.8. The van der Waals surface area contributed by atoms with Gasteiger partial charge in [-0.3, -0.25) is 14.9 Å². The molecule has 0 saturated carbocycles. The molecule has 0 spiro atoms. The fraction of sp³-hybridized carbons (Fsp3) is 0.158. The normalized spacial score (nSPS) is 14.4. The summed E-state index contributed by atoms with van der Waals surface area (Å²) in [6, 6.07) is 12.6. The number of hydrogen-bond acceptors (Lipinski definition) is 6. The summed E-state index contributed by atoms with van der Waals surface area (Å²) in [4.78, 5) is 23.1. The van der Waals surface area contributed by atoms with E-state index in [2.05, 4.69) is 10.4 Å². The van der Waals surface area contributed by atoms with E-state index in [4.69, 9.17) is 0 Å². The summed E-state index contributed by atoms with van der Waals surface area (Å²) in [6.45, 7) is 1.86. The van der Waals surface area contributed by atoms with Gasteiger partial charge in [0.15, 0.2) is 9.84 Å². The molecule has 1 aliphatic rings. The van der Waals surface area contributed by atoms with Gasteiger partial charge in [-0.15, -0.1) is 0 Å². The molecule has 1 N–H and O–H groups in total. The third-order valence-corrected chi connectivity index (χ3v) is 6.05. The predicted octanol–water partition coefficient (Wildman–Crippen LogP) is 2.77. The summed E-state index contributed by atoms with van der Waals surface area (Å²) in [5, 5.41) is 18.0. The lowest BCUT2D eigenvalue weighted by Gasteiger charge is -2.11. The Labute approximate surface area is 166 Å². The van der Waals surface area contributed by atoms with E-state index in [0.29, 0.717) is 22.5 Å². The number of nitrogens with zero attached hydrogens (tertiary/aromatic N) is 3. The van der Waals surface area contributed by atoms with Crippen molar-refractivity contribution >= 4 is 27.2 Å². The molecule has 0 radical (unpaired) electrons. The van der Waals surface area contributed by atoms with Gasteiger partial charge in [0.05, 0.1) is 27.8 Å². The molecular weight excluding hydrogens is 396 g/mol. The van der Waals surface area contributed by atoms with E-state index in [1.54, 1.807) is 18.2 Å². The van der Waals surface area contributed by atoms with Crippen molar-refractivity contribution in [2.45, 2.75) is 18.4 Å². The summed E-state index contributed by atoms with van der Waals surface area (Å²) in [7, 11) is -3.33. The molecule has 2 heterocycles. The van der Waals surface area contributed by atoms with Crippen LogP contribution in [0.25, 0.3) is 5.69 Å². The lowest BCUT2D eigenvalue weighted by atomic mass is 10.1. The predicted molar refractivity (Wildman–Crippen MR) is 106 cm³/mol. The van der Waals surface area contributed by atoms with E-state index in [-0.39, 0.29) is 23.0 Å². The molecular formula is C19H16N4O5S. The molecule has 0 saturated heterocycles. The van der Waals surface area contributed by atoms with E-state index in [1.807, 2.05) is 13.0 Å². The minimum atomic E-state index is -3.33. The number of nitro benzene ring substituents is 1. The molecule has 2 aromatic carbocycles. The highest BCUT2D eigenvalue weighted by Gasteiger charge is 2.33.